The lowest BCUT2D eigenvalue weighted by atomic mass is 10.2. The SMILES string of the molecule is NS(=O)(=O)c1cccc(NC(=O)CSc2ccc(C(=O)N3CCCC3)cn2)c1. The number of hydrogen-bond donors (Lipinski definition) is 2. The molecular formula is C18H20N4O4S2. The number of carbonyl (C=O) groups excluding carboxylic acids is 2. The van der Waals surface area contributed by atoms with Gasteiger partial charge in [0.1, 0.15) is 0 Å². The van der Waals surface area contributed by atoms with E-state index in [1.165, 1.54) is 36.2 Å². The van der Waals surface area contributed by atoms with E-state index in [2.05, 4.69) is 10.3 Å². The number of rotatable bonds is 6. The van der Waals surface area contributed by atoms with Crippen LogP contribution < -0.4 is 10.5 Å². The number of hydrogen-bond acceptors (Lipinski definition) is 6. The van der Waals surface area contributed by atoms with E-state index >= 15 is 0 Å². The van der Waals surface area contributed by atoms with Gasteiger partial charge in [-0.05, 0) is 43.2 Å². The monoisotopic (exact) mass is 420 g/mol. The molecule has 0 unspecified atom stereocenters. The summed E-state index contributed by atoms with van der Waals surface area (Å²) in [7, 11) is -3.83. The summed E-state index contributed by atoms with van der Waals surface area (Å²) in [5.74, 6) is -0.240. The normalized spacial score (nSPS) is 14.1. The fourth-order valence-corrected chi connectivity index (χ4v) is 3.98. The summed E-state index contributed by atoms with van der Waals surface area (Å²) in [4.78, 5) is 30.4. The Morgan fingerprint density at radius 1 is 1.18 bits per heavy atom. The Morgan fingerprint density at radius 3 is 2.57 bits per heavy atom. The van der Waals surface area contributed by atoms with Crippen molar-refractivity contribution in [1.82, 2.24) is 9.88 Å². The number of carbonyl (C=O) groups is 2. The van der Waals surface area contributed by atoms with Gasteiger partial charge in [0.15, 0.2) is 0 Å². The number of nitrogens with two attached hydrogens (primary N) is 1. The fraction of sp³-hybridized carbons (Fsp3) is 0.278. The van der Waals surface area contributed by atoms with Gasteiger partial charge in [0, 0.05) is 25.0 Å². The minimum absolute atomic E-state index is 0.0194. The third-order valence-corrected chi connectivity index (χ3v) is 6.03. The summed E-state index contributed by atoms with van der Waals surface area (Å²) in [5, 5.41) is 8.32. The molecule has 2 heterocycles. The van der Waals surface area contributed by atoms with Gasteiger partial charge >= 0.3 is 0 Å². The van der Waals surface area contributed by atoms with E-state index in [0.29, 0.717) is 16.3 Å². The van der Waals surface area contributed by atoms with Crippen LogP contribution in [-0.4, -0.2) is 49.0 Å². The van der Waals surface area contributed by atoms with Crippen molar-refractivity contribution in [2.45, 2.75) is 22.8 Å². The van der Waals surface area contributed by atoms with Crippen LogP contribution in [0.1, 0.15) is 23.2 Å². The minimum atomic E-state index is -3.83. The highest BCUT2D eigenvalue weighted by molar-refractivity contribution is 7.99. The van der Waals surface area contributed by atoms with Crippen LogP contribution in [0, 0.1) is 0 Å². The predicted octanol–water partition coefficient (Wildman–Crippen LogP) is 1.70. The third kappa shape index (κ3) is 5.31. The van der Waals surface area contributed by atoms with Crippen molar-refractivity contribution in [3.8, 4) is 0 Å². The van der Waals surface area contributed by atoms with Gasteiger partial charge in [-0.2, -0.15) is 0 Å². The molecule has 0 atom stereocenters. The molecule has 28 heavy (non-hydrogen) atoms. The van der Waals surface area contributed by atoms with Crippen LogP contribution >= 0.6 is 11.8 Å². The highest BCUT2D eigenvalue weighted by atomic mass is 32.2. The van der Waals surface area contributed by atoms with Crippen LogP contribution in [0.2, 0.25) is 0 Å². The smallest absolute Gasteiger partial charge is 0.255 e. The molecule has 1 aliphatic rings. The van der Waals surface area contributed by atoms with Crippen LogP contribution in [0.3, 0.4) is 0 Å². The van der Waals surface area contributed by atoms with Gasteiger partial charge in [0.25, 0.3) is 5.91 Å². The Hall–Kier alpha value is -2.43. The van der Waals surface area contributed by atoms with Crippen molar-refractivity contribution in [3.05, 3.63) is 48.2 Å². The molecule has 0 saturated carbocycles. The third-order valence-electron chi connectivity index (χ3n) is 4.17. The average molecular weight is 421 g/mol. The van der Waals surface area contributed by atoms with E-state index in [-0.39, 0.29) is 22.5 Å². The molecule has 1 aromatic carbocycles. The Bertz CT molecular complexity index is 971. The van der Waals surface area contributed by atoms with Gasteiger partial charge in [-0.15, -0.1) is 0 Å². The number of benzene rings is 1. The summed E-state index contributed by atoms with van der Waals surface area (Å²) >= 11 is 1.22. The first-order valence-electron chi connectivity index (χ1n) is 8.64. The first-order chi connectivity index (χ1) is 13.3. The molecule has 2 aromatic rings. The predicted molar refractivity (Wildman–Crippen MR) is 107 cm³/mol. The average Bonchev–Trinajstić information content (AvgIpc) is 3.20. The fourth-order valence-electron chi connectivity index (χ4n) is 2.78. The van der Waals surface area contributed by atoms with Crippen LogP contribution in [0.15, 0.2) is 52.5 Å². The van der Waals surface area contributed by atoms with Crippen molar-refractivity contribution >= 4 is 39.3 Å². The molecule has 2 amide bonds. The number of anilines is 1. The van der Waals surface area contributed by atoms with Crippen LogP contribution in [0.4, 0.5) is 5.69 Å². The Balaban J connectivity index is 1.54. The molecule has 1 aromatic heterocycles. The van der Waals surface area contributed by atoms with Gasteiger partial charge < -0.3 is 10.2 Å². The van der Waals surface area contributed by atoms with E-state index in [0.717, 1.165) is 25.9 Å². The highest BCUT2D eigenvalue weighted by Crippen LogP contribution is 2.19. The van der Waals surface area contributed by atoms with Gasteiger partial charge in [0.05, 0.1) is 21.2 Å². The number of sulfonamides is 1. The van der Waals surface area contributed by atoms with Crippen LogP contribution in [-0.2, 0) is 14.8 Å². The summed E-state index contributed by atoms with van der Waals surface area (Å²) in [5.41, 5.74) is 0.882. The molecule has 10 heteroatoms. The van der Waals surface area contributed by atoms with Gasteiger partial charge in [-0.3, -0.25) is 9.59 Å². The number of primary sulfonamides is 1. The lowest BCUT2D eigenvalue weighted by molar-refractivity contribution is -0.113. The molecule has 0 radical (unpaired) electrons. The summed E-state index contributed by atoms with van der Waals surface area (Å²) in [6.45, 7) is 1.56. The van der Waals surface area contributed by atoms with Gasteiger partial charge in [-0.25, -0.2) is 18.5 Å². The van der Waals surface area contributed by atoms with Crippen LogP contribution in [0.5, 0.6) is 0 Å². The van der Waals surface area contributed by atoms with Crippen LogP contribution in [0.25, 0.3) is 0 Å². The van der Waals surface area contributed by atoms with E-state index in [1.54, 1.807) is 18.2 Å². The lowest BCUT2D eigenvalue weighted by Crippen LogP contribution is -2.27. The minimum Gasteiger partial charge on any atom is -0.339 e. The Morgan fingerprint density at radius 2 is 1.93 bits per heavy atom. The lowest BCUT2D eigenvalue weighted by Gasteiger charge is -2.14. The number of likely N-dealkylation sites (tertiary alicyclic amines) is 1. The van der Waals surface area contributed by atoms with Crippen molar-refractivity contribution in [2.24, 2.45) is 5.14 Å². The Labute approximate surface area is 167 Å². The molecule has 8 nitrogen and oxygen atoms in total. The molecule has 148 valence electrons. The number of nitrogens with zero attached hydrogens (tertiary/aromatic N) is 2. The Kier molecular flexibility index (Phi) is 6.32. The van der Waals surface area contributed by atoms with Crippen molar-refractivity contribution in [3.63, 3.8) is 0 Å². The first-order valence-corrected chi connectivity index (χ1v) is 11.2. The summed E-state index contributed by atoms with van der Waals surface area (Å²) < 4.78 is 22.7. The molecule has 1 aliphatic heterocycles. The molecular weight excluding hydrogens is 400 g/mol. The zero-order valence-corrected chi connectivity index (χ0v) is 16.6. The molecule has 1 fully saturated rings. The van der Waals surface area contributed by atoms with E-state index in [4.69, 9.17) is 5.14 Å². The first kappa shape index (κ1) is 20.3. The molecule has 0 aliphatic carbocycles. The van der Waals surface area contributed by atoms with Gasteiger partial charge in [-0.1, -0.05) is 17.8 Å². The quantitative estimate of drug-likeness (QED) is 0.686. The van der Waals surface area contributed by atoms with Crippen molar-refractivity contribution < 1.29 is 18.0 Å². The molecule has 0 bridgehead atoms. The maximum atomic E-state index is 12.3. The summed E-state index contributed by atoms with van der Waals surface area (Å²) in [6.07, 6.45) is 3.58. The van der Waals surface area contributed by atoms with Gasteiger partial charge in [0.2, 0.25) is 15.9 Å². The van der Waals surface area contributed by atoms with Crippen molar-refractivity contribution in [2.75, 3.05) is 24.2 Å². The molecule has 3 N–H and O–H groups in total. The number of nitrogens with one attached hydrogen (secondary N) is 1. The summed E-state index contributed by atoms with van der Waals surface area (Å²) in [6, 6.07) is 9.16. The van der Waals surface area contributed by atoms with E-state index < -0.39 is 10.0 Å². The maximum absolute atomic E-state index is 12.3. The standard InChI is InChI=1S/C18H20N4O4S2/c19-28(25,26)15-5-3-4-14(10-15)21-16(23)12-27-17-7-6-13(11-20-17)18(24)22-8-1-2-9-22/h3-7,10-11H,1-2,8-9,12H2,(H,21,23)(H2,19,25,26). The second-order valence-electron chi connectivity index (χ2n) is 6.29. The number of amides is 2. The zero-order chi connectivity index (χ0) is 20.1. The van der Waals surface area contributed by atoms with E-state index in [1.807, 2.05) is 4.90 Å². The number of thioether (sulfide) groups is 1. The topological polar surface area (TPSA) is 122 Å². The second-order valence-corrected chi connectivity index (χ2v) is 8.85. The zero-order valence-electron chi connectivity index (χ0n) is 15.0. The highest BCUT2D eigenvalue weighted by Gasteiger charge is 2.19. The number of aromatic nitrogens is 1. The maximum Gasteiger partial charge on any atom is 0.255 e. The van der Waals surface area contributed by atoms with E-state index in [9.17, 15) is 18.0 Å². The largest absolute Gasteiger partial charge is 0.339 e. The number of pyridine rings is 1. The van der Waals surface area contributed by atoms with Crippen molar-refractivity contribution in [1.29, 1.82) is 0 Å². The molecule has 3 rings (SSSR count). The molecule has 0 spiro atoms. The molecule has 1 saturated heterocycles. The second kappa shape index (κ2) is 8.72.